The van der Waals surface area contributed by atoms with E-state index in [9.17, 15) is 0 Å². The summed E-state index contributed by atoms with van der Waals surface area (Å²) < 4.78 is 10.8. The van der Waals surface area contributed by atoms with Crippen LogP contribution in [0.3, 0.4) is 0 Å². The van der Waals surface area contributed by atoms with Gasteiger partial charge in [0.25, 0.3) is 0 Å². The Bertz CT molecular complexity index is 3110. The van der Waals surface area contributed by atoms with Gasteiger partial charge in [-0.2, -0.15) is 0 Å². The molecule has 0 amide bonds. The molecule has 5 heteroatoms. The van der Waals surface area contributed by atoms with Gasteiger partial charge in [0, 0.05) is 56.0 Å². The summed E-state index contributed by atoms with van der Waals surface area (Å²) in [6.07, 6.45) is 3.84. The minimum Gasteiger partial charge on any atom is -0.456 e. The van der Waals surface area contributed by atoms with E-state index in [0.717, 1.165) is 71.9 Å². The zero-order chi connectivity index (χ0) is 33.5. The number of hydrogen-bond acceptors (Lipinski definition) is 3. The van der Waals surface area contributed by atoms with Gasteiger partial charge in [0.1, 0.15) is 11.2 Å². The minimum atomic E-state index is 0.646. The highest BCUT2D eigenvalue weighted by atomic mass is 16.3. The molecule has 0 aliphatic rings. The molecule has 51 heavy (non-hydrogen) atoms. The first kappa shape index (κ1) is 27.9. The average molecular weight is 653 g/mol. The van der Waals surface area contributed by atoms with Gasteiger partial charge in [-0.05, 0) is 65.2 Å². The van der Waals surface area contributed by atoms with Gasteiger partial charge in [-0.1, -0.05) is 109 Å². The van der Waals surface area contributed by atoms with Gasteiger partial charge in [-0.15, -0.1) is 0 Å². The summed E-state index contributed by atoms with van der Waals surface area (Å²) >= 11 is 0. The molecule has 7 aromatic carbocycles. The number of fused-ring (bicyclic) bond motifs is 9. The SMILES string of the molecule is c1ccc(-c2cnc(-n3c4ccccc4c4cc5c6ccccc6n(-c6ccc(-c7cccc8oc9ccccc9c78)cc6)c5cc43)nc2)cc1. The third-order valence-corrected chi connectivity index (χ3v) is 10.3. The lowest BCUT2D eigenvalue weighted by Crippen LogP contribution is -2.01. The maximum Gasteiger partial charge on any atom is 0.234 e. The molecule has 0 bridgehead atoms. The number of rotatable bonds is 4. The highest BCUT2D eigenvalue weighted by molar-refractivity contribution is 6.19. The van der Waals surface area contributed by atoms with E-state index in [1.807, 2.05) is 48.8 Å². The fourth-order valence-corrected chi connectivity index (χ4v) is 7.95. The molecule has 5 nitrogen and oxygen atoms in total. The van der Waals surface area contributed by atoms with Crippen molar-refractivity contribution in [3.8, 4) is 33.9 Å². The van der Waals surface area contributed by atoms with Gasteiger partial charge < -0.3 is 8.98 Å². The van der Waals surface area contributed by atoms with E-state index >= 15 is 0 Å². The van der Waals surface area contributed by atoms with Crippen molar-refractivity contribution >= 4 is 65.6 Å². The van der Waals surface area contributed by atoms with Crippen LogP contribution in [0.1, 0.15) is 0 Å². The average Bonchev–Trinajstić information content (AvgIpc) is 3.85. The van der Waals surface area contributed by atoms with Crippen molar-refractivity contribution in [3.05, 3.63) is 170 Å². The first-order chi connectivity index (χ1) is 25.3. The van der Waals surface area contributed by atoms with Crippen LogP contribution in [0, 0.1) is 0 Å². The molecule has 0 spiro atoms. The topological polar surface area (TPSA) is 48.8 Å². The summed E-state index contributed by atoms with van der Waals surface area (Å²) in [5, 5.41) is 7.05. The van der Waals surface area contributed by atoms with Gasteiger partial charge in [0.15, 0.2) is 0 Å². The predicted molar refractivity (Wildman–Crippen MR) is 209 cm³/mol. The molecule has 238 valence electrons. The highest BCUT2D eigenvalue weighted by Gasteiger charge is 2.20. The van der Waals surface area contributed by atoms with E-state index < -0.39 is 0 Å². The smallest absolute Gasteiger partial charge is 0.234 e. The van der Waals surface area contributed by atoms with Crippen LogP contribution < -0.4 is 0 Å². The van der Waals surface area contributed by atoms with Crippen LogP contribution in [0.2, 0.25) is 0 Å². The van der Waals surface area contributed by atoms with Crippen LogP contribution in [0.25, 0.3) is 99.4 Å². The molecule has 0 aliphatic heterocycles. The van der Waals surface area contributed by atoms with Crippen molar-refractivity contribution in [3.63, 3.8) is 0 Å². The second-order valence-corrected chi connectivity index (χ2v) is 13.1. The number of benzene rings is 7. The standard InChI is InChI=1S/C46H28N4O/c1-2-11-29(12-3-1)31-27-47-46(48-28-31)50-40-18-8-5-14-35(40)38-25-37-34-13-4-7-17-39(34)49(41(37)26-42(38)50)32-23-21-30(22-24-32)33-16-10-20-44-45(33)36-15-6-9-19-43(36)51-44/h1-28H. The van der Waals surface area contributed by atoms with E-state index in [1.165, 1.54) is 21.5 Å². The van der Waals surface area contributed by atoms with Crippen LogP contribution in [0.15, 0.2) is 175 Å². The number of hydrogen-bond donors (Lipinski definition) is 0. The molecule has 11 rings (SSSR count). The molecule has 0 saturated carbocycles. The second-order valence-electron chi connectivity index (χ2n) is 13.1. The molecular weight excluding hydrogens is 625 g/mol. The third kappa shape index (κ3) is 4.15. The fourth-order valence-electron chi connectivity index (χ4n) is 7.95. The van der Waals surface area contributed by atoms with Crippen molar-refractivity contribution < 1.29 is 4.42 Å². The highest BCUT2D eigenvalue weighted by Crippen LogP contribution is 2.40. The molecule has 0 saturated heterocycles. The Morgan fingerprint density at radius 1 is 0.392 bits per heavy atom. The third-order valence-electron chi connectivity index (χ3n) is 10.3. The van der Waals surface area contributed by atoms with Gasteiger partial charge in [-0.25, -0.2) is 9.97 Å². The maximum absolute atomic E-state index is 6.20. The van der Waals surface area contributed by atoms with Crippen molar-refractivity contribution in [2.45, 2.75) is 0 Å². The number of para-hydroxylation sites is 3. The molecule has 4 aromatic heterocycles. The van der Waals surface area contributed by atoms with Crippen LogP contribution >= 0.6 is 0 Å². The summed E-state index contributed by atoms with van der Waals surface area (Å²) in [7, 11) is 0. The van der Waals surface area contributed by atoms with Crippen LogP contribution in [-0.4, -0.2) is 19.1 Å². The lowest BCUT2D eigenvalue weighted by Gasteiger charge is -2.11. The Morgan fingerprint density at radius 3 is 1.75 bits per heavy atom. The molecule has 0 fully saturated rings. The molecule has 11 aromatic rings. The molecule has 4 heterocycles. The molecule has 0 N–H and O–H groups in total. The van der Waals surface area contributed by atoms with Crippen molar-refractivity contribution in [2.75, 3.05) is 0 Å². The van der Waals surface area contributed by atoms with Crippen LogP contribution in [-0.2, 0) is 0 Å². The first-order valence-corrected chi connectivity index (χ1v) is 17.2. The van der Waals surface area contributed by atoms with E-state index in [0.29, 0.717) is 5.95 Å². The van der Waals surface area contributed by atoms with Crippen molar-refractivity contribution in [2.24, 2.45) is 0 Å². The first-order valence-electron chi connectivity index (χ1n) is 17.2. The quantitative estimate of drug-likeness (QED) is 0.190. The summed E-state index contributed by atoms with van der Waals surface area (Å²) in [5.41, 5.74) is 11.7. The second kappa shape index (κ2) is 10.8. The van der Waals surface area contributed by atoms with Crippen LogP contribution in [0.4, 0.5) is 0 Å². The fraction of sp³-hybridized carbons (Fsp3) is 0. The minimum absolute atomic E-state index is 0.646. The Labute approximate surface area is 292 Å². The summed E-state index contributed by atoms with van der Waals surface area (Å²) in [6, 6.07) is 55.6. The summed E-state index contributed by atoms with van der Waals surface area (Å²) in [6.45, 7) is 0. The summed E-state index contributed by atoms with van der Waals surface area (Å²) in [5.74, 6) is 0.646. The lowest BCUT2D eigenvalue weighted by atomic mass is 9.99. The Balaban J connectivity index is 1.12. The molecule has 0 aliphatic carbocycles. The van der Waals surface area contributed by atoms with E-state index in [2.05, 4.69) is 130 Å². The monoisotopic (exact) mass is 652 g/mol. The number of furan rings is 1. The normalized spacial score (nSPS) is 11.9. The Kier molecular flexibility index (Phi) is 5.89. The van der Waals surface area contributed by atoms with Crippen molar-refractivity contribution in [1.82, 2.24) is 19.1 Å². The Hall–Kier alpha value is -6.98. The van der Waals surface area contributed by atoms with Gasteiger partial charge in [-0.3, -0.25) is 4.57 Å². The molecule has 0 unspecified atom stereocenters. The van der Waals surface area contributed by atoms with E-state index in [1.54, 1.807) is 0 Å². The predicted octanol–water partition coefficient (Wildman–Crippen LogP) is 11.9. The number of aromatic nitrogens is 4. The number of nitrogens with zero attached hydrogens (tertiary/aromatic N) is 4. The van der Waals surface area contributed by atoms with Crippen molar-refractivity contribution in [1.29, 1.82) is 0 Å². The van der Waals surface area contributed by atoms with Gasteiger partial charge >= 0.3 is 0 Å². The maximum atomic E-state index is 6.20. The largest absolute Gasteiger partial charge is 0.456 e. The van der Waals surface area contributed by atoms with E-state index in [4.69, 9.17) is 14.4 Å². The van der Waals surface area contributed by atoms with Crippen LogP contribution in [0.5, 0.6) is 0 Å². The van der Waals surface area contributed by atoms with Gasteiger partial charge in [0.05, 0.1) is 22.1 Å². The Morgan fingerprint density at radius 2 is 1.00 bits per heavy atom. The zero-order valence-corrected chi connectivity index (χ0v) is 27.4. The van der Waals surface area contributed by atoms with Gasteiger partial charge in [0.2, 0.25) is 5.95 Å². The van der Waals surface area contributed by atoms with E-state index in [-0.39, 0.29) is 0 Å². The zero-order valence-electron chi connectivity index (χ0n) is 27.4. The lowest BCUT2D eigenvalue weighted by molar-refractivity contribution is 0.669. The molecular formula is C46H28N4O. The molecule has 0 radical (unpaired) electrons. The molecule has 0 atom stereocenters. The summed E-state index contributed by atoms with van der Waals surface area (Å²) in [4.78, 5) is 9.83.